The van der Waals surface area contributed by atoms with Crippen molar-refractivity contribution >= 4 is 17.9 Å². The van der Waals surface area contributed by atoms with Crippen molar-refractivity contribution in [3.8, 4) is 0 Å². The standard InChI is InChI=1S/C11H14N2O5/c1-3-17-8(14)7-4-18-10(12-7)13-9(15)11(2)5-16-6-11/h4H,3,5-6H2,1-2H3,(H,12,13,15). The van der Waals surface area contributed by atoms with Gasteiger partial charge in [-0.05, 0) is 13.8 Å². The predicted octanol–water partition coefficient (Wildman–Crippen LogP) is 0.826. The number of amides is 1. The van der Waals surface area contributed by atoms with Gasteiger partial charge < -0.3 is 13.9 Å². The van der Waals surface area contributed by atoms with E-state index >= 15 is 0 Å². The molecule has 0 radical (unpaired) electrons. The van der Waals surface area contributed by atoms with Crippen LogP contribution in [0.15, 0.2) is 10.7 Å². The first-order valence-electron chi connectivity index (χ1n) is 5.57. The van der Waals surface area contributed by atoms with Crippen LogP contribution in [0.5, 0.6) is 0 Å². The lowest BCUT2D eigenvalue weighted by Crippen LogP contribution is -2.49. The molecular weight excluding hydrogens is 240 g/mol. The van der Waals surface area contributed by atoms with Crippen LogP contribution >= 0.6 is 0 Å². The van der Waals surface area contributed by atoms with Gasteiger partial charge in [-0.3, -0.25) is 10.1 Å². The molecule has 1 aromatic heterocycles. The van der Waals surface area contributed by atoms with Crippen LogP contribution in [0, 0.1) is 5.41 Å². The first-order valence-corrected chi connectivity index (χ1v) is 5.57. The minimum Gasteiger partial charge on any atom is -0.461 e. The highest BCUT2D eigenvalue weighted by Gasteiger charge is 2.41. The molecule has 7 nitrogen and oxygen atoms in total. The first-order chi connectivity index (χ1) is 8.55. The molecule has 18 heavy (non-hydrogen) atoms. The van der Waals surface area contributed by atoms with E-state index in [1.54, 1.807) is 13.8 Å². The van der Waals surface area contributed by atoms with Gasteiger partial charge in [0.2, 0.25) is 5.91 Å². The highest BCUT2D eigenvalue weighted by molar-refractivity contribution is 5.94. The molecule has 0 saturated carbocycles. The summed E-state index contributed by atoms with van der Waals surface area (Å²) >= 11 is 0. The molecule has 98 valence electrons. The molecule has 0 bridgehead atoms. The number of hydrogen-bond donors (Lipinski definition) is 1. The topological polar surface area (TPSA) is 90.7 Å². The number of oxazole rings is 1. The molecule has 2 rings (SSSR count). The summed E-state index contributed by atoms with van der Waals surface area (Å²) in [6.07, 6.45) is 1.15. The third kappa shape index (κ3) is 2.35. The van der Waals surface area contributed by atoms with E-state index < -0.39 is 11.4 Å². The summed E-state index contributed by atoms with van der Waals surface area (Å²) < 4.78 is 14.7. The maximum absolute atomic E-state index is 11.8. The summed E-state index contributed by atoms with van der Waals surface area (Å²) in [5.74, 6) is -0.828. The lowest BCUT2D eigenvalue weighted by molar-refractivity contribution is -0.152. The Morgan fingerprint density at radius 1 is 1.56 bits per heavy atom. The van der Waals surface area contributed by atoms with Gasteiger partial charge in [0.05, 0.1) is 25.2 Å². The number of hydrogen-bond acceptors (Lipinski definition) is 6. The molecule has 1 saturated heterocycles. The van der Waals surface area contributed by atoms with Gasteiger partial charge in [0, 0.05) is 0 Å². The molecule has 1 aliphatic rings. The maximum atomic E-state index is 11.8. The van der Waals surface area contributed by atoms with Crippen LogP contribution in [0.3, 0.4) is 0 Å². The van der Waals surface area contributed by atoms with E-state index in [2.05, 4.69) is 10.3 Å². The van der Waals surface area contributed by atoms with E-state index in [1.165, 1.54) is 0 Å². The second-order valence-electron chi connectivity index (χ2n) is 4.27. The van der Waals surface area contributed by atoms with E-state index in [0.29, 0.717) is 13.2 Å². The van der Waals surface area contributed by atoms with E-state index in [-0.39, 0.29) is 24.2 Å². The van der Waals surface area contributed by atoms with E-state index in [4.69, 9.17) is 13.9 Å². The van der Waals surface area contributed by atoms with Crippen molar-refractivity contribution in [3.63, 3.8) is 0 Å². The van der Waals surface area contributed by atoms with Gasteiger partial charge in [0.25, 0.3) is 0 Å². The van der Waals surface area contributed by atoms with Crippen LogP contribution in [0.2, 0.25) is 0 Å². The highest BCUT2D eigenvalue weighted by Crippen LogP contribution is 2.28. The molecule has 0 atom stereocenters. The molecular formula is C11H14N2O5. The minimum atomic E-state index is -0.583. The zero-order chi connectivity index (χ0) is 13.2. The monoisotopic (exact) mass is 254 g/mol. The molecule has 1 fully saturated rings. The average Bonchev–Trinajstić information content (AvgIpc) is 2.74. The summed E-state index contributed by atoms with van der Waals surface area (Å²) in [5.41, 5.74) is -0.527. The van der Waals surface area contributed by atoms with Crippen molar-refractivity contribution < 1.29 is 23.5 Å². The zero-order valence-corrected chi connectivity index (χ0v) is 10.2. The number of ether oxygens (including phenoxy) is 2. The van der Waals surface area contributed by atoms with Crippen LogP contribution in [0.1, 0.15) is 24.3 Å². The summed E-state index contributed by atoms with van der Waals surface area (Å²) in [6.45, 7) is 4.45. The quantitative estimate of drug-likeness (QED) is 0.800. The number of carbonyl (C=O) groups is 2. The van der Waals surface area contributed by atoms with Crippen molar-refractivity contribution in [1.29, 1.82) is 0 Å². The highest BCUT2D eigenvalue weighted by atomic mass is 16.5. The van der Waals surface area contributed by atoms with Gasteiger partial charge in [0.1, 0.15) is 6.26 Å². The van der Waals surface area contributed by atoms with Gasteiger partial charge in [0.15, 0.2) is 5.69 Å². The second-order valence-corrected chi connectivity index (χ2v) is 4.27. The molecule has 1 aliphatic heterocycles. The smallest absolute Gasteiger partial charge is 0.360 e. The number of esters is 1. The Hall–Kier alpha value is -1.89. The molecule has 7 heteroatoms. The van der Waals surface area contributed by atoms with Gasteiger partial charge >= 0.3 is 12.0 Å². The Labute approximate surface area is 103 Å². The van der Waals surface area contributed by atoms with Gasteiger partial charge in [-0.25, -0.2) is 4.79 Å². The molecule has 0 aromatic carbocycles. The fraction of sp³-hybridized carbons (Fsp3) is 0.545. The number of nitrogens with zero attached hydrogens (tertiary/aromatic N) is 1. The van der Waals surface area contributed by atoms with Gasteiger partial charge in [-0.1, -0.05) is 0 Å². The largest absolute Gasteiger partial charge is 0.461 e. The summed E-state index contributed by atoms with van der Waals surface area (Å²) in [4.78, 5) is 27.0. The summed E-state index contributed by atoms with van der Waals surface area (Å²) in [5, 5.41) is 2.50. The Kier molecular flexibility index (Phi) is 3.33. The van der Waals surface area contributed by atoms with E-state index in [1.807, 2.05) is 0 Å². The Bertz CT molecular complexity index is 464. The van der Waals surface area contributed by atoms with Crippen molar-refractivity contribution in [2.45, 2.75) is 13.8 Å². The molecule has 0 spiro atoms. The molecule has 1 N–H and O–H groups in total. The predicted molar refractivity (Wildman–Crippen MR) is 60.0 cm³/mol. The summed E-state index contributed by atoms with van der Waals surface area (Å²) in [7, 11) is 0. The number of rotatable bonds is 4. The molecule has 0 unspecified atom stereocenters. The third-order valence-electron chi connectivity index (χ3n) is 2.60. The Morgan fingerprint density at radius 2 is 2.28 bits per heavy atom. The van der Waals surface area contributed by atoms with E-state index in [9.17, 15) is 9.59 Å². The maximum Gasteiger partial charge on any atom is 0.360 e. The van der Waals surface area contributed by atoms with Crippen molar-refractivity contribution in [1.82, 2.24) is 4.98 Å². The van der Waals surface area contributed by atoms with Crippen molar-refractivity contribution in [2.24, 2.45) is 5.41 Å². The average molecular weight is 254 g/mol. The molecule has 1 amide bonds. The van der Waals surface area contributed by atoms with Crippen molar-refractivity contribution in [3.05, 3.63) is 12.0 Å². The number of aromatic nitrogens is 1. The van der Waals surface area contributed by atoms with Crippen LogP contribution in [0.4, 0.5) is 6.01 Å². The van der Waals surface area contributed by atoms with E-state index in [0.717, 1.165) is 6.26 Å². The van der Waals surface area contributed by atoms with Crippen molar-refractivity contribution in [2.75, 3.05) is 25.1 Å². The zero-order valence-electron chi connectivity index (χ0n) is 10.2. The van der Waals surface area contributed by atoms with Gasteiger partial charge in [-0.15, -0.1) is 0 Å². The molecule has 0 aliphatic carbocycles. The fourth-order valence-electron chi connectivity index (χ4n) is 1.42. The molecule has 1 aromatic rings. The summed E-state index contributed by atoms with van der Waals surface area (Å²) in [6, 6.07) is -0.0174. The molecule has 2 heterocycles. The number of nitrogens with one attached hydrogen (secondary N) is 1. The lowest BCUT2D eigenvalue weighted by atomic mass is 9.88. The van der Waals surface area contributed by atoms with Gasteiger partial charge in [-0.2, -0.15) is 4.98 Å². The Balaban J connectivity index is 1.98. The van der Waals surface area contributed by atoms with Crippen LogP contribution in [-0.4, -0.2) is 36.7 Å². The normalized spacial score (nSPS) is 16.8. The Morgan fingerprint density at radius 3 is 2.83 bits per heavy atom. The fourth-order valence-corrected chi connectivity index (χ4v) is 1.42. The first kappa shape index (κ1) is 12.6. The number of anilines is 1. The lowest BCUT2D eigenvalue weighted by Gasteiger charge is -2.35. The third-order valence-corrected chi connectivity index (χ3v) is 2.60. The minimum absolute atomic E-state index is 0.0174. The second kappa shape index (κ2) is 4.77. The number of carbonyl (C=O) groups excluding carboxylic acids is 2. The van der Waals surface area contributed by atoms with Crippen LogP contribution < -0.4 is 5.32 Å². The van der Waals surface area contributed by atoms with Crippen LogP contribution in [0.25, 0.3) is 0 Å². The SMILES string of the molecule is CCOC(=O)c1coc(NC(=O)C2(C)COC2)n1. The van der Waals surface area contributed by atoms with Crippen LogP contribution in [-0.2, 0) is 14.3 Å².